The van der Waals surface area contributed by atoms with E-state index in [1.807, 2.05) is 48.5 Å². The molecule has 2 aromatic rings. The SMILES string of the molecule is COc1ccc(COC[C@]23NC(=O)N[C@H](c4ccccc4O2)[C@H]3CO[Si](C)(C)C(C)(C)C)cc1. The Hall–Kier alpha value is -2.55. The monoisotopic (exact) mass is 484 g/mol. The maximum Gasteiger partial charge on any atom is 0.318 e. The molecular formula is C26H36N2O5Si. The normalized spacial score (nSPS) is 23.9. The van der Waals surface area contributed by atoms with Gasteiger partial charge < -0.3 is 24.0 Å². The van der Waals surface area contributed by atoms with E-state index in [0.29, 0.717) is 13.2 Å². The minimum atomic E-state index is -2.02. The Kier molecular flexibility index (Phi) is 6.68. The van der Waals surface area contributed by atoms with Crippen LogP contribution < -0.4 is 20.1 Å². The van der Waals surface area contributed by atoms with Gasteiger partial charge in [0.2, 0.25) is 5.72 Å². The van der Waals surface area contributed by atoms with Crippen molar-refractivity contribution in [1.29, 1.82) is 0 Å². The summed E-state index contributed by atoms with van der Waals surface area (Å²) in [7, 11) is -0.376. The van der Waals surface area contributed by atoms with E-state index in [2.05, 4.69) is 44.5 Å². The van der Waals surface area contributed by atoms with Crippen LogP contribution in [0.2, 0.25) is 18.1 Å². The van der Waals surface area contributed by atoms with Crippen LogP contribution in [0.15, 0.2) is 48.5 Å². The number of carbonyl (C=O) groups excluding carboxylic acids is 1. The maximum atomic E-state index is 12.7. The molecule has 2 bridgehead atoms. The largest absolute Gasteiger partial charge is 0.497 e. The van der Waals surface area contributed by atoms with Crippen molar-refractivity contribution in [1.82, 2.24) is 10.6 Å². The Balaban J connectivity index is 1.59. The molecule has 2 N–H and O–H groups in total. The van der Waals surface area contributed by atoms with Crippen LogP contribution in [0, 0.1) is 5.92 Å². The number of ether oxygens (including phenoxy) is 3. The zero-order valence-electron chi connectivity index (χ0n) is 20.9. The van der Waals surface area contributed by atoms with Crippen LogP contribution in [-0.2, 0) is 15.8 Å². The summed E-state index contributed by atoms with van der Waals surface area (Å²) in [5.74, 6) is 1.38. The van der Waals surface area contributed by atoms with Gasteiger partial charge >= 0.3 is 6.03 Å². The highest BCUT2D eigenvalue weighted by molar-refractivity contribution is 6.74. The van der Waals surface area contributed by atoms with Crippen LogP contribution >= 0.6 is 0 Å². The standard InChI is InChI=1S/C26H36N2O5Si/c1-25(2,3)34(5,6)32-16-21-23-20-9-7-8-10-22(20)33-26(21,28-24(29)27-23)17-31-15-18-11-13-19(30-4)14-12-18/h7-14,21,23H,15-17H2,1-6H3,(H2,27,28,29)/t21-,23-,26+/m1/s1. The Morgan fingerprint density at radius 2 is 1.79 bits per heavy atom. The lowest BCUT2D eigenvalue weighted by atomic mass is 9.80. The summed E-state index contributed by atoms with van der Waals surface area (Å²) in [6.45, 7) is 12.2. The molecule has 2 amide bonds. The van der Waals surface area contributed by atoms with E-state index in [-0.39, 0.29) is 29.6 Å². The zero-order valence-corrected chi connectivity index (χ0v) is 21.9. The molecule has 2 aliphatic rings. The highest BCUT2D eigenvalue weighted by atomic mass is 28.4. The van der Waals surface area contributed by atoms with Gasteiger partial charge in [-0.05, 0) is 41.9 Å². The smallest absolute Gasteiger partial charge is 0.318 e. The van der Waals surface area contributed by atoms with Gasteiger partial charge in [0.15, 0.2) is 8.32 Å². The third kappa shape index (κ3) is 4.80. The van der Waals surface area contributed by atoms with Gasteiger partial charge in [0.25, 0.3) is 0 Å². The molecule has 1 fully saturated rings. The average Bonchev–Trinajstić information content (AvgIpc) is 2.77. The van der Waals surface area contributed by atoms with Crippen molar-refractivity contribution in [2.75, 3.05) is 20.3 Å². The summed E-state index contributed by atoms with van der Waals surface area (Å²) in [5.41, 5.74) is 0.946. The summed E-state index contributed by atoms with van der Waals surface area (Å²) in [4.78, 5) is 12.7. The van der Waals surface area contributed by atoms with E-state index >= 15 is 0 Å². The van der Waals surface area contributed by atoms with Gasteiger partial charge in [0, 0.05) is 12.2 Å². The molecule has 34 heavy (non-hydrogen) atoms. The maximum absolute atomic E-state index is 12.7. The first-order valence-electron chi connectivity index (χ1n) is 11.8. The number of benzene rings is 2. The van der Waals surface area contributed by atoms with E-state index in [0.717, 1.165) is 22.6 Å². The number of urea groups is 1. The second kappa shape index (κ2) is 9.24. The summed E-state index contributed by atoms with van der Waals surface area (Å²) >= 11 is 0. The molecular weight excluding hydrogens is 448 g/mol. The summed E-state index contributed by atoms with van der Waals surface area (Å²) in [6.07, 6.45) is 0. The first-order valence-corrected chi connectivity index (χ1v) is 14.7. The zero-order chi connectivity index (χ0) is 24.6. The number of carbonyl (C=O) groups is 1. The highest BCUT2D eigenvalue weighted by Crippen LogP contribution is 2.46. The fourth-order valence-corrected chi connectivity index (χ4v) is 5.24. The number of rotatable bonds is 8. The van der Waals surface area contributed by atoms with Crippen molar-refractivity contribution in [3.05, 3.63) is 59.7 Å². The van der Waals surface area contributed by atoms with Crippen LogP contribution in [-0.4, -0.2) is 40.4 Å². The van der Waals surface area contributed by atoms with E-state index in [9.17, 15) is 4.79 Å². The van der Waals surface area contributed by atoms with Crippen molar-refractivity contribution in [2.24, 2.45) is 5.92 Å². The van der Waals surface area contributed by atoms with Gasteiger partial charge in [0.05, 0.1) is 25.7 Å². The fourth-order valence-electron chi connectivity index (χ4n) is 4.21. The van der Waals surface area contributed by atoms with E-state index in [1.165, 1.54) is 0 Å². The van der Waals surface area contributed by atoms with Gasteiger partial charge in [-0.15, -0.1) is 0 Å². The lowest BCUT2D eigenvalue weighted by Gasteiger charge is -2.52. The molecule has 2 aliphatic heterocycles. The highest BCUT2D eigenvalue weighted by Gasteiger charge is 2.56. The van der Waals surface area contributed by atoms with Crippen LogP contribution in [0.25, 0.3) is 0 Å². The minimum Gasteiger partial charge on any atom is -0.497 e. The molecule has 7 nitrogen and oxygen atoms in total. The second-order valence-corrected chi connectivity index (χ2v) is 15.4. The van der Waals surface area contributed by atoms with Gasteiger partial charge in [-0.1, -0.05) is 51.1 Å². The van der Waals surface area contributed by atoms with Gasteiger partial charge in [-0.3, -0.25) is 5.32 Å². The average molecular weight is 485 g/mol. The summed E-state index contributed by atoms with van der Waals surface area (Å²) in [6, 6.07) is 15.1. The van der Waals surface area contributed by atoms with Crippen molar-refractivity contribution >= 4 is 14.3 Å². The molecule has 8 heteroatoms. The van der Waals surface area contributed by atoms with Crippen molar-refractivity contribution in [3.8, 4) is 11.5 Å². The Morgan fingerprint density at radius 3 is 2.47 bits per heavy atom. The molecule has 4 rings (SSSR count). The molecule has 184 valence electrons. The third-order valence-electron chi connectivity index (χ3n) is 7.33. The van der Waals surface area contributed by atoms with Crippen LogP contribution in [0.5, 0.6) is 11.5 Å². The first-order chi connectivity index (χ1) is 16.0. The third-order valence-corrected chi connectivity index (χ3v) is 11.8. The molecule has 0 saturated carbocycles. The molecule has 3 atom stereocenters. The molecule has 0 radical (unpaired) electrons. The predicted molar refractivity (Wildman–Crippen MR) is 133 cm³/mol. The number of hydrogen-bond acceptors (Lipinski definition) is 5. The molecule has 0 spiro atoms. The summed E-state index contributed by atoms with van der Waals surface area (Å²) in [5, 5.41) is 6.23. The van der Waals surface area contributed by atoms with Crippen molar-refractivity contribution in [3.63, 3.8) is 0 Å². The van der Waals surface area contributed by atoms with Crippen LogP contribution in [0.1, 0.15) is 37.9 Å². The van der Waals surface area contributed by atoms with Crippen LogP contribution in [0.3, 0.4) is 0 Å². The summed E-state index contributed by atoms with van der Waals surface area (Å²) < 4.78 is 24.5. The topological polar surface area (TPSA) is 78.1 Å². The lowest BCUT2D eigenvalue weighted by Crippen LogP contribution is -2.72. The van der Waals surface area contributed by atoms with Crippen LogP contribution in [0.4, 0.5) is 4.79 Å². The van der Waals surface area contributed by atoms with E-state index in [1.54, 1.807) is 7.11 Å². The van der Waals surface area contributed by atoms with Gasteiger partial charge in [-0.2, -0.15) is 0 Å². The number of fused-ring (bicyclic) bond motifs is 4. The Labute approximate surface area is 203 Å². The number of methoxy groups -OCH3 is 1. The number of para-hydroxylation sites is 1. The van der Waals surface area contributed by atoms with Gasteiger partial charge in [-0.25, -0.2) is 4.79 Å². The van der Waals surface area contributed by atoms with Crippen molar-refractivity contribution in [2.45, 2.75) is 57.3 Å². The van der Waals surface area contributed by atoms with E-state index in [4.69, 9.17) is 18.6 Å². The quantitative estimate of drug-likeness (QED) is 0.516. The molecule has 2 aromatic carbocycles. The predicted octanol–water partition coefficient (Wildman–Crippen LogP) is 4.99. The van der Waals surface area contributed by atoms with Crippen molar-refractivity contribution < 1.29 is 23.4 Å². The molecule has 0 unspecified atom stereocenters. The van der Waals surface area contributed by atoms with E-state index < -0.39 is 14.0 Å². The minimum absolute atomic E-state index is 0.0737. The fraction of sp³-hybridized carbons (Fsp3) is 0.500. The molecule has 2 heterocycles. The number of amides is 2. The Morgan fingerprint density at radius 1 is 1.09 bits per heavy atom. The molecule has 0 aromatic heterocycles. The number of nitrogens with one attached hydrogen (secondary N) is 2. The molecule has 0 aliphatic carbocycles. The molecule has 1 saturated heterocycles. The Bertz CT molecular complexity index is 1020. The second-order valence-electron chi connectivity index (χ2n) is 10.6. The lowest BCUT2D eigenvalue weighted by molar-refractivity contribution is -0.124. The first kappa shape index (κ1) is 24.6. The number of hydrogen-bond donors (Lipinski definition) is 2. The van der Waals surface area contributed by atoms with Gasteiger partial charge in [0.1, 0.15) is 18.1 Å².